The van der Waals surface area contributed by atoms with Crippen molar-refractivity contribution in [1.82, 2.24) is 4.98 Å². The molecule has 0 saturated carbocycles. The SMILES string of the molecule is CC1CN(c2ccc(C(N)=S)cn2)CCCO1. The number of aromatic nitrogens is 1. The largest absolute Gasteiger partial charge is 0.389 e. The summed E-state index contributed by atoms with van der Waals surface area (Å²) in [4.78, 5) is 7.03. The summed E-state index contributed by atoms with van der Waals surface area (Å²) in [5.74, 6) is 0.961. The molecule has 92 valence electrons. The Morgan fingerprint density at radius 2 is 2.41 bits per heavy atom. The van der Waals surface area contributed by atoms with Crippen LogP contribution in [-0.4, -0.2) is 35.8 Å². The fourth-order valence-electron chi connectivity index (χ4n) is 1.92. The lowest BCUT2D eigenvalue weighted by Gasteiger charge is -2.23. The molecule has 0 amide bonds. The number of nitrogens with two attached hydrogens (primary N) is 1. The molecule has 1 saturated heterocycles. The fraction of sp³-hybridized carbons (Fsp3) is 0.500. The van der Waals surface area contributed by atoms with Crippen LogP contribution in [-0.2, 0) is 4.74 Å². The first kappa shape index (κ1) is 12.3. The highest BCUT2D eigenvalue weighted by atomic mass is 32.1. The van der Waals surface area contributed by atoms with Crippen molar-refractivity contribution in [2.45, 2.75) is 19.4 Å². The van der Waals surface area contributed by atoms with Crippen molar-refractivity contribution < 1.29 is 4.74 Å². The second-order valence-electron chi connectivity index (χ2n) is 4.25. The average molecular weight is 251 g/mol. The Hall–Kier alpha value is -1.20. The third-order valence-corrected chi connectivity index (χ3v) is 3.04. The van der Waals surface area contributed by atoms with Crippen LogP contribution in [0.15, 0.2) is 18.3 Å². The first-order valence-electron chi connectivity index (χ1n) is 5.79. The average Bonchev–Trinajstić information content (AvgIpc) is 2.54. The third kappa shape index (κ3) is 3.14. The topological polar surface area (TPSA) is 51.4 Å². The summed E-state index contributed by atoms with van der Waals surface area (Å²) >= 11 is 4.91. The number of thiocarbonyl (C=S) groups is 1. The molecule has 2 N–H and O–H groups in total. The normalized spacial score (nSPS) is 21.0. The Balaban J connectivity index is 2.12. The molecule has 1 aliphatic rings. The molecular formula is C12H17N3OS. The maximum absolute atomic E-state index is 5.61. The molecule has 0 bridgehead atoms. The van der Waals surface area contributed by atoms with E-state index in [-0.39, 0.29) is 6.10 Å². The van der Waals surface area contributed by atoms with Gasteiger partial charge in [-0.15, -0.1) is 0 Å². The minimum Gasteiger partial charge on any atom is -0.389 e. The number of pyridine rings is 1. The van der Waals surface area contributed by atoms with Crippen molar-refractivity contribution in [2.75, 3.05) is 24.6 Å². The zero-order valence-corrected chi connectivity index (χ0v) is 10.7. The van der Waals surface area contributed by atoms with Gasteiger partial charge in [0.25, 0.3) is 0 Å². The lowest BCUT2D eigenvalue weighted by molar-refractivity contribution is 0.0820. The lowest BCUT2D eigenvalue weighted by atomic mass is 10.2. The van der Waals surface area contributed by atoms with E-state index in [1.54, 1.807) is 6.20 Å². The summed E-state index contributed by atoms with van der Waals surface area (Å²) in [6.07, 6.45) is 3.01. The van der Waals surface area contributed by atoms with Gasteiger partial charge in [-0.05, 0) is 25.5 Å². The van der Waals surface area contributed by atoms with E-state index in [0.717, 1.165) is 37.5 Å². The molecule has 1 aromatic rings. The molecular weight excluding hydrogens is 234 g/mol. The Kier molecular flexibility index (Phi) is 3.91. The van der Waals surface area contributed by atoms with Gasteiger partial charge in [-0.2, -0.15) is 0 Å². The van der Waals surface area contributed by atoms with Crippen LogP contribution in [0, 0.1) is 0 Å². The summed E-state index contributed by atoms with van der Waals surface area (Å²) in [6, 6.07) is 3.88. The van der Waals surface area contributed by atoms with Gasteiger partial charge in [-0.3, -0.25) is 0 Å². The van der Waals surface area contributed by atoms with Gasteiger partial charge in [0.15, 0.2) is 0 Å². The molecule has 5 heteroatoms. The van der Waals surface area contributed by atoms with Crippen molar-refractivity contribution in [3.63, 3.8) is 0 Å². The van der Waals surface area contributed by atoms with Gasteiger partial charge in [0.2, 0.25) is 0 Å². The molecule has 2 heterocycles. The fourth-order valence-corrected chi connectivity index (χ4v) is 2.04. The standard InChI is InChI=1S/C12H17N3OS/c1-9-8-15(5-2-6-16-9)11-4-3-10(7-14-11)12(13)17/h3-4,7,9H,2,5-6,8H2,1H3,(H2,13,17). The molecule has 1 unspecified atom stereocenters. The number of ether oxygens (including phenoxy) is 1. The minimum absolute atomic E-state index is 0.245. The summed E-state index contributed by atoms with van der Waals surface area (Å²) < 4.78 is 5.61. The second-order valence-corrected chi connectivity index (χ2v) is 4.69. The molecule has 1 atom stereocenters. The van der Waals surface area contributed by atoms with E-state index in [4.69, 9.17) is 22.7 Å². The van der Waals surface area contributed by atoms with Crippen LogP contribution >= 0.6 is 12.2 Å². The van der Waals surface area contributed by atoms with Crippen molar-refractivity contribution in [3.8, 4) is 0 Å². The molecule has 0 aliphatic carbocycles. The molecule has 1 aliphatic heterocycles. The van der Waals surface area contributed by atoms with E-state index in [9.17, 15) is 0 Å². The molecule has 1 aromatic heterocycles. The van der Waals surface area contributed by atoms with Crippen LogP contribution in [0.1, 0.15) is 18.9 Å². The Morgan fingerprint density at radius 3 is 3.06 bits per heavy atom. The van der Waals surface area contributed by atoms with E-state index in [2.05, 4.69) is 16.8 Å². The highest BCUT2D eigenvalue weighted by Gasteiger charge is 2.16. The van der Waals surface area contributed by atoms with E-state index < -0.39 is 0 Å². The van der Waals surface area contributed by atoms with E-state index in [1.165, 1.54) is 0 Å². The first-order valence-corrected chi connectivity index (χ1v) is 6.20. The van der Waals surface area contributed by atoms with E-state index >= 15 is 0 Å². The molecule has 0 spiro atoms. The molecule has 1 fully saturated rings. The summed E-state index contributed by atoms with van der Waals surface area (Å²) in [5.41, 5.74) is 6.36. The van der Waals surface area contributed by atoms with Gasteiger partial charge in [0.05, 0.1) is 6.10 Å². The van der Waals surface area contributed by atoms with Crippen molar-refractivity contribution in [1.29, 1.82) is 0 Å². The molecule has 17 heavy (non-hydrogen) atoms. The highest BCUT2D eigenvalue weighted by molar-refractivity contribution is 7.80. The number of nitrogens with zero attached hydrogens (tertiary/aromatic N) is 2. The Bertz CT molecular complexity index is 393. The van der Waals surface area contributed by atoms with Crippen LogP contribution in [0.3, 0.4) is 0 Å². The van der Waals surface area contributed by atoms with Crippen LogP contribution in [0.4, 0.5) is 5.82 Å². The first-order chi connectivity index (χ1) is 8.16. The van der Waals surface area contributed by atoms with Gasteiger partial charge in [0.1, 0.15) is 10.8 Å². The monoisotopic (exact) mass is 251 g/mol. The van der Waals surface area contributed by atoms with Gasteiger partial charge < -0.3 is 15.4 Å². The molecule has 0 aromatic carbocycles. The number of rotatable bonds is 2. The van der Waals surface area contributed by atoms with Crippen molar-refractivity contribution in [3.05, 3.63) is 23.9 Å². The van der Waals surface area contributed by atoms with Gasteiger partial charge >= 0.3 is 0 Å². The van der Waals surface area contributed by atoms with Crippen molar-refractivity contribution in [2.24, 2.45) is 5.73 Å². The van der Waals surface area contributed by atoms with E-state index in [0.29, 0.717) is 4.99 Å². The summed E-state index contributed by atoms with van der Waals surface area (Å²) in [6.45, 7) is 4.76. The van der Waals surface area contributed by atoms with Gasteiger partial charge in [-0.1, -0.05) is 12.2 Å². The predicted octanol–water partition coefficient (Wildman–Crippen LogP) is 1.33. The second kappa shape index (κ2) is 5.42. The van der Waals surface area contributed by atoms with Crippen LogP contribution in [0.2, 0.25) is 0 Å². The summed E-state index contributed by atoms with van der Waals surface area (Å²) in [5, 5.41) is 0. The highest BCUT2D eigenvalue weighted by Crippen LogP contribution is 2.15. The molecule has 2 rings (SSSR count). The number of hydrogen-bond donors (Lipinski definition) is 1. The quantitative estimate of drug-likeness (QED) is 0.804. The van der Waals surface area contributed by atoms with Crippen LogP contribution in [0.25, 0.3) is 0 Å². The van der Waals surface area contributed by atoms with Crippen LogP contribution in [0.5, 0.6) is 0 Å². The van der Waals surface area contributed by atoms with Gasteiger partial charge in [-0.25, -0.2) is 4.98 Å². The smallest absolute Gasteiger partial charge is 0.128 e. The molecule has 0 radical (unpaired) electrons. The predicted molar refractivity (Wildman–Crippen MR) is 72.4 cm³/mol. The Labute approximate surface area is 107 Å². The Morgan fingerprint density at radius 1 is 1.59 bits per heavy atom. The zero-order valence-electron chi connectivity index (χ0n) is 9.93. The maximum atomic E-state index is 5.61. The minimum atomic E-state index is 0.245. The van der Waals surface area contributed by atoms with Gasteiger partial charge in [0, 0.05) is 31.5 Å². The third-order valence-electron chi connectivity index (χ3n) is 2.81. The molecule has 4 nitrogen and oxygen atoms in total. The lowest BCUT2D eigenvalue weighted by Crippen LogP contribution is -2.30. The van der Waals surface area contributed by atoms with Crippen molar-refractivity contribution >= 4 is 23.0 Å². The van der Waals surface area contributed by atoms with E-state index in [1.807, 2.05) is 12.1 Å². The number of hydrogen-bond acceptors (Lipinski definition) is 4. The van der Waals surface area contributed by atoms with Crippen LogP contribution < -0.4 is 10.6 Å². The number of anilines is 1. The summed E-state index contributed by atoms with van der Waals surface area (Å²) in [7, 11) is 0. The maximum Gasteiger partial charge on any atom is 0.128 e. The zero-order chi connectivity index (χ0) is 12.3.